The van der Waals surface area contributed by atoms with E-state index >= 15 is 0 Å². The highest BCUT2D eigenvalue weighted by Crippen LogP contribution is 2.34. The van der Waals surface area contributed by atoms with Crippen LogP contribution in [0.3, 0.4) is 0 Å². The molecule has 1 atom stereocenters. The number of nitrogens with zero attached hydrogens (tertiary/aromatic N) is 1. The molecule has 0 saturated carbocycles. The van der Waals surface area contributed by atoms with Crippen molar-refractivity contribution in [2.45, 2.75) is 19.3 Å². The van der Waals surface area contributed by atoms with E-state index in [0.29, 0.717) is 17.1 Å². The van der Waals surface area contributed by atoms with Crippen LogP contribution in [0.2, 0.25) is 0 Å². The molecule has 1 aromatic rings. The van der Waals surface area contributed by atoms with Crippen LogP contribution in [0.15, 0.2) is 18.2 Å². The highest BCUT2D eigenvalue weighted by atomic mass is 16.6. The maximum Gasteiger partial charge on any atom is 0.220 e. The number of ether oxygens (including phenoxy) is 2. The van der Waals surface area contributed by atoms with Crippen molar-refractivity contribution in [1.82, 2.24) is 0 Å². The lowest BCUT2D eigenvalue weighted by Gasteiger charge is -2.23. The van der Waals surface area contributed by atoms with Gasteiger partial charge in [-0.3, -0.25) is 14.9 Å². The van der Waals surface area contributed by atoms with Gasteiger partial charge in [0.2, 0.25) is 6.54 Å². The zero-order valence-corrected chi connectivity index (χ0v) is 11.4. The Hall–Kier alpha value is -2.11. The van der Waals surface area contributed by atoms with Crippen LogP contribution < -0.4 is 9.47 Å². The zero-order chi connectivity index (χ0) is 14.6. The number of hydrogen-bond acceptors (Lipinski definition) is 5. The second kappa shape index (κ2) is 5.69. The van der Waals surface area contributed by atoms with Gasteiger partial charge in [0.05, 0.1) is 14.2 Å². The topological polar surface area (TPSA) is 78.7 Å². The predicted octanol–water partition coefficient (Wildman–Crippen LogP) is 1.83. The smallest absolute Gasteiger partial charge is 0.220 e. The van der Waals surface area contributed by atoms with Crippen molar-refractivity contribution >= 4 is 5.78 Å². The summed E-state index contributed by atoms with van der Waals surface area (Å²) in [5.41, 5.74) is -0.641. The largest absolute Gasteiger partial charge is 0.493 e. The van der Waals surface area contributed by atoms with E-state index in [1.165, 1.54) is 21.1 Å². The molecule has 1 unspecified atom stereocenters. The predicted molar refractivity (Wildman–Crippen MR) is 69.4 cm³/mol. The standard InChI is InChI=1S/C13H17NO5/c1-9(15)13(2,8-14(16)17)10-5-6-11(18-3)12(7-10)19-4/h5-7H,8H2,1-4H3. The third kappa shape index (κ3) is 3.01. The molecule has 0 radical (unpaired) electrons. The number of benzene rings is 1. The lowest BCUT2D eigenvalue weighted by Crippen LogP contribution is -2.38. The average molecular weight is 267 g/mol. The van der Waals surface area contributed by atoms with Crippen molar-refractivity contribution in [3.63, 3.8) is 0 Å². The minimum atomic E-state index is -1.18. The Morgan fingerprint density at radius 2 is 1.89 bits per heavy atom. The van der Waals surface area contributed by atoms with Gasteiger partial charge in [-0.25, -0.2) is 0 Å². The quantitative estimate of drug-likeness (QED) is 0.580. The van der Waals surface area contributed by atoms with Crippen LogP contribution in [0.25, 0.3) is 0 Å². The van der Waals surface area contributed by atoms with Crippen molar-refractivity contribution in [2.75, 3.05) is 20.8 Å². The molecule has 1 rings (SSSR count). The van der Waals surface area contributed by atoms with Crippen LogP contribution in [0.1, 0.15) is 19.4 Å². The average Bonchev–Trinajstić information content (AvgIpc) is 2.36. The molecule has 0 bridgehead atoms. The molecule has 0 fully saturated rings. The van der Waals surface area contributed by atoms with Gasteiger partial charge in [0.1, 0.15) is 11.2 Å². The fraction of sp³-hybridized carbons (Fsp3) is 0.462. The Morgan fingerprint density at radius 3 is 2.32 bits per heavy atom. The molecule has 0 heterocycles. The van der Waals surface area contributed by atoms with Gasteiger partial charge in [-0.1, -0.05) is 6.07 Å². The zero-order valence-electron chi connectivity index (χ0n) is 11.4. The van der Waals surface area contributed by atoms with E-state index in [1.54, 1.807) is 25.1 Å². The van der Waals surface area contributed by atoms with Gasteiger partial charge < -0.3 is 9.47 Å². The van der Waals surface area contributed by atoms with E-state index < -0.39 is 16.9 Å². The molecule has 0 amide bonds. The Morgan fingerprint density at radius 1 is 1.32 bits per heavy atom. The fourth-order valence-corrected chi connectivity index (χ4v) is 1.84. The Balaban J connectivity index is 3.31. The lowest BCUT2D eigenvalue weighted by atomic mass is 9.79. The third-order valence-corrected chi connectivity index (χ3v) is 3.24. The lowest BCUT2D eigenvalue weighted by molar-refractivity contribution is -0.487. The van der Waals surface area contributed by atoms with Crippen LogP contribution in [-0.4, -0.2) is 31.5 Å². The Bertz CT molecular complexity index is 500. The minimum absolute atomic E-state index is 0.267. The summed E-state index contributed by atoms with van der Waals surface area (Å²) < 4.78 is 10.3. The number of Topliss-reactive ketones (excluding diaryl/α,β-unsaturated/α-hetero) is 1. The first-order valence-electron chi connectivity index (χ1n) is 5.70. The van der Waals surface area contributed by atoms with E-state index in [0.717, 1.165) is 0 Å². The molecule has 0 N–H and O–H groups in total. The van der Waals surface area contributed by atoms with Crippen molar-refractivity contribution in [2.24, 2.45) is 0 Å². The first-order valence-corrected chi connectivity index (χ1v) is 5.70. The number of carbonyl (C=O) groups is 1. The van der Waals surface area contributed by atoms with Gasteiger partial charge in [0, 0.05) is 4.92 Å². The SMILES string of the molecule is COc1ccc(C(C)(C[N+](=O)[O-])C(C)=O)cc1OC. The molecule has 0 aliphatic rings. The van der Waals surface area contributed by atoms with Gasteiger partial charge in [-0.2, -0.15) is 0 Å². The number of nitro groups is 1. The van der Waals surface area contributed by atoms with E-state index in [4.69, 9.17) is 9.47 Å². The van der Waals surface area contributed by atoms with Crippen molar-refractivity contribution in [3.8, 4) is 11.5 Å². The number of rotatable bonds is 6. The molecule has 0 aliphatic heterocycles. The minimum Gasteiger partial charge on any atom is -0.493 e. The van der Waals surface area contributed by atoms with E-state index in [9.17, 15) is 14.9 Å². The summed E-state index contributed by atoms with van der Waals surface area (Å²) >= 11 is 0. The molecule has 6 heteroatoms. The summed E-state index contributed by atoms with van der Waals surface area (Å²) in [5.74, 6) is 0.686. The third-order valence-electron chi connectivity index (χ3n) is 3.24. The highest BCUT2D eigenvalue weighted by Gasteiger charge is 2.38. The second-order valence-electron chi connectivity index (χ2n) is 4.45. The van der Waals surface area contributed by atoms with Crippen molar-refractivity contribution < 1.29 is 19.2 Å². The van der Waals surface area contributed by atoms with Crippen molar-refractivity contribution in [1.29, 1.82) is 0 Å². The molecular weight excluding hydrogens is 250 g/mol. The maximum atomic E-state index is 11.8. The van der Waals surface area contributed by atoms with Gasteiger partial charge in [0.15, 0.2) is 11.5 Å². The van der Waals surface area contributed by atoms with E-state index in [1.807, 2.05) is 0 Å². The van der Waals surface area contributed by atoms with E-state index in [2.05, 4.69) is 0 Å². The number of methoxy groups -OCH3 is 2. The molecule has 1 aromatic carbocycles. The van der Waals surface area contributed by atoms with Crippen LogP contribution in [-0.2, 0) is 10.2 Å². The molecule has 6 nitrogen and oxygen atoms in total. The molecule has 104 valence electrons. The summed E-state index contributed by atoms with van der Waals surface area (Å²) in [5, 5.41) is 10.8. The molecule has 0 aliphatic carbocycles. The first kappa shape index (κ1) is 14.9. The molecular formula is C13H17NO5. The van der Waals surface area contributed by atoms with Crippen LogP contribution >= 0.6 is 0 Å². The number of hydrogen-bond donors (Lipinski definition) is 0. The maximum absolute atomic E-state index is 11.8. The van der Waals surface area contributed by atoms with Gasteiger partial charge in [0.25, 0.3) is 0 Å². The van der Waals surface area contributed by atoms with Gasteiger partial charge in [-0.05, 0) is 31.5 Å². The van der Waals surface area contributed by atoms with Gasteiger partial charge in [-0.15, -0.1) is 0 Å². The fourth-order valence-electron chi connectivity index (χ4n) is 1.84. The van der Waals surface area contributed by atoms with Crippen LogP contribution in [0.4, 0.5) is 0 Å². The second-order valence-corrected chi connectivity index (χ2v) is 4.45. The number of carbonyl (C=O) groups excluding carboxylic acids is 1. The Labute approximate surface area is 111 Å². The molecule has 0 spiro atoms. The summed E-state index contributed by atoms with van der Waals surface area (Å²) in [7, 11) is 2.97. The molecule has 0 aromatic heterocycles. The first-order chi connectivity index (χ1) is 8.85. The molecule has 19 heavy (non-hydrogen) atoms. The monoisotopic (exact) mass is 267 g/mol. The van der Waals surface area contributed by atoms with Crippen LogP contribution in [0, 0.1) is 10.1 Å². The van der Waals surface area contributed by atoms with Gasteiger partial charge >= 0.3 is 0 Å². The highest BCUT2D eigenvalue weighted by molar-refractivity contribution is 5.88. The Kier molecular flexibility index (Phi) is 4.47. The summed E-state index contributed by atoms with van der Waals surface area (Å²) in [4.78, 5) is 22.1. The van der Waals surface area contributed by atoms with E-state index in [-0.39, 0.29) is 5.78 Å². The normalized spacial score (nSPS) is 13.5. The summed E-state index contributed by atoms with van der Waals surface area (Å²) in [6.07, 6.45) is 0. The van der Waals surface area contributed by atoms with Crippen LogP contribution in [0.5, 0.6) is 11.5 Å². The summed E-state index contributed by atoms with van der Waals surface area (Å²) in [6, 6.07) is 4.88. The van der Waals surface area contributed by atoms with Crippen molar-refractivity contribution in [3.05, 3.63) is 33.9 Å². The summed E-state index contributed by atoms with van der Waals surface area (Å²) in [6.45, 7) is 2.44. The molecule has 0 saturated heterocycles. The number of ketones is 1.